The van der Waals surface area contributed by atoms with Gasteiger partial charge in [-0.1, -0.05) is 19.1 Å². The summed E-state index contributed by atoms with van der Waals surface area (Å²) in [4.78, 5) is 3.84. The number of fused-ring (bicyclic) bond motifs is 1. The van der Waals surface area contributed by atoms with Crippen LogP contribution in [-0.4, -0.2) is 31.1 Å². The summed E-state index contributed by atoms with van der Waals surface area (Å²) >= 11 is 0. The van der Waals surface area contributed by atoms with Crippen LogP contribution in [0.3, 0.4) is 0 Å². The van der Waals surface area contributed by atoms with E-state index in [0.29, 0.717) is 0 Å². The van der Waals surface area contributed by atoms with Crippen LogP contribution in [0.4, 0.5) is 5.69 Å². The first-order valence-corrected chi connectivity index (χ1v) is 6.32. The van der Waals surface area contributed by atoms with Gasteiger partial charge in [0.05, 0.1) is 6.54 Å². The number of nitrogens with one attached hydrogen (secondary N) is 1. The SMILES string of the molecule is [CH2-][NH+]1CCc2c(C3CN(CC)C3)cccc21. The third-order valence-corrected chi connectivity index (χ3v) is 4.11. The van der Waals surface area contributed by atoms with Crippen LogP contribution in [0.25, 0.3) is 0 Å². The van der Waals surface area contributed by atoms with Crippen molar-refractivity contribution in [1.82, 2.24) is 4.90 Å². The van der Waals surface area contributed by atoms with Crippen molar-refractivity contribution in [3.05, 3.63) is 36.4 Å². The Morgan fingerprint density at radius 3 is 3.00 bits per heavy atom. The maximum atomic E-state index is 4.16. The molecule has 0 saturated carbocycles. The van der Waals surface area contributed by atoms with Crippen LogP contribution < -0.4 is 4.90 Å². The van der Waals surface area contributed by atoms with E-state index < -0.39 is 0 Å². The summed E-state index contributed by atoms with van der Waals surface area (Å²) in [5, 5.41) is 0. The second kappa shape index (κ2) is 3.86. The molecule has 2 aliphatic heterocycles. The van der Waals surface area contributed by atoms with Gasteiger partial charge in [0.1, 0.15) is 5.69 Å². The smallest absolute Gasteiger partial charge is 0.108 e. The summed E-state index contributed by atoms with van der Waals surface area (Å²) in [6.07, 6.45) is 1.22. The zero-order valence-corrected chi connectivity index (χ0v) is 10.00. The molecule has 3 rings (SSSR count). The first-order chi connectivity index (χ1) is 7.79. The second-order valence-electron chi connectivity index (χ2n) is 5.03. The molecule has 0 spiro atoms. The molecule has 2 aliphatic rings. The number of nitrogens with zero attached hydrogens (tertiary/aromatic N) is 1. The molecule has 1 fully saturated rings. The van der Waals surface area contributed by atoms with Crippen molar-refractivity contribution in [3.8, 4) is 0 Å². The van der Waals surface area contributed by atoms with E-state index in [9.17, 15) is 0 Å². The zero-order valence-electron chi connectivity index (χ0n) is 10.00. The molecule has 1 unspecified atom stereocenters. The van der Waals surface area contributed by atoms with Crippen LogP contribution >= 0.6 is 0 Å². The quantitative estimate of drug-likeness (QED) is 0.724. The van der Waals surface area contributed by atoms with E-state index in [2.05, 4.69) is 37.1 Å². The van der Waals surface area contributed by atoms with Crippen LogP contribution in [0.1, 0.15) is 24.0 Å². The standard InChI is InChI=1S/C14H20N2/c1-3-16-9-11(10-16)12-5-4-6-14-13(12)7-8-15(14)2/h4-6,11,15H,2-3,7-10H2,1H3. The van der Waals surface area contributed by atoms with Gasteiger partial charge in [0.15, 0.2) is 0 Å². The Bertz CT molecular complexity index is 394. The minimum Gasteiger partial charge on any atom is -0.434 e. The third kappa shape index (κ3) is 1.48. The fraction of sp³-hybridized carbons (Fsp3) is 0.500. The highest BCUT2D eigenvalue weighted by Crippen LogP contribution is 2.32. The lowest BCUT2D eigenvalue weighted by atomic mass is 9.87. The van der Waals surface area contributed by atoms with Crippen LogP contribution in [0.15, 0.2) is 18.2 Å². The number of likely N-dealkylation sites (N-methyl/N-ethyl adjacent to an activating group) is 1. The summed E-state index contributed by atoms with van der Waals surface area (Å²) in [6, 6.07) is 6.78. The van der Waals surface area contributed by atoms with Gasteiger partial charge in [-0.25, -0.2) is 0 Å². The first kappa shape index (κ1) is 10.3. The molecule has 2 nitrogen and oxygen atoms in total. The summed E-state index contributed by atoms with van der Waals surface area (Å²) in [6.45, 7) is 7.10. The molecule has 86 valence electrons. The Kier molecular flexibility index (Phi) is 2.49. The van der Waals surface area contributed by atoms with Crippen molar-refractivity contribution in [1.29, 1.82) is 0 Å². The van der Waals surface area contributed by atoms with E-state index in [4.69, 9.17) is 0 Å². The summed E-state index contributed by atoms with van der Waals surface area (Å²) in [5.74, 6) is 0.779. The summed E-state index contributed by atoms with van der Waals surface area (Å²) in [7, 11) is 4.16. The lowest BCUT2D eigenvalue weighted by Crippen LogP contribution is -3.00. The largest absolute Gasteiger partial charge is 0.434 e. The molecule has 0 bridgehead atoms. The number of hydrogen-bond donors (Lipinski definition) is 1. The van der Waals surface area contributed by atoms with Crippen LogP contribution in [-0.2, 0) is 6.42 Å². The van der Waals surface area contributed by atoms with Gasteiger partial charge >= 0.3 is 0 Å². The Hall–Kier alpha value is -0.860. The van der Waals surface area contributed by atoms with Crippen LogP contribution in [0, 0.1) is 7.05 Å². The van der Waals surface area contributed by atoms with Gasteiger partial charge in [0.2, 0.25) is 0 Å². The molecule has 1 aromatic carbocycles. The Balaban J connectivity index is 1.87. The second-order valence-corrected chi connectivity index (χ2v) is 5.03. The van der Waals surface area contributed by atoms with Crippen molar-refractivity contribution in [3.63, 3.8) is 0 Å². The molecule has 1 saturated heterocycles. The predicted molar refractivity (Wildman–Crippen MR) is 65.8 cm³/mol. The summed E-state index contributed by atoms with van der Waals surface area (Å²) in [5.41, 5.74) is 4.63. The molecule has 0 aromatic heterocycles. The number of benzene rings is 1. The molecule has 1 aromatic rings. The van der Waals surface area contributed by atoms with Crippen molar-refractivity contribution in [2.24, 2.45) is 0 Å². The highest BCUT2D eigenvalue weighted by atomic mass is 15.2. The Morgan fingerprint density at radius 2 is 2.25 bits per heavy atom. The van der Waals surface area contributed by atoms with E-state index in [-0.39, 0.29) is 0 Å². The maximum Gasteiger partial charge on any atom is 0.108 e. The van der Waals surface area contributed by atoms with E-state index in [1.807, 2.05) is 0 Å². The molecular weight excluding hydrogens is 196 g/mol. The number of rotatable bonds is 2. The Labute approximate surface area is 97.9 Å². The molecule has 16 heavy (non-hydrogen) atoms. The van der Waals surface area contributed by atoms with Gasteiger partial charge < -0.3 is 9.80 Å². The molecule has 1 N–H and O–H groups in total. The summed E-state index contributed by atoms with van der Waals surface area (Å²) < 4.78 is 0. The molecule has 0 aliphatic carbocycles. The molecule has 2 heteroatoms. The lowest BCUT2D eigenvalue weighted by molar-refractivity contribution is -0.775. The fourth-order valence-electron chi connectivity index (χ4n) is 3.03. The monoisotopic (exact) mass is 216 g/mol. The third-order valence-electron chi connectivity index (χ3n) is 4.11. The maximum absolute atomic E-state index is 4.16. The minimum absolute atomic E-state index is 0.779. The van der Waals surface area contributed by atoms with E-state index >= 15 is 0 Å². The number of likely N-dealkylation sites (tertiary alicyclic amines) is 1. The first-order valence-electron chi connectivity index (χ1n) is 6.32. The number of quaternary nitrogens is 1. The molecule has 0 amide bonds. The highest BCUT2D eigenvalue weighted by Gasteiger charge is 2.31. The Morgan fingerprint density at radius 1 is 1.44 bits per heavy atom. The minimum atomic E-state index is 0.779. The lowest BCUT2D eigenvalue weighted by Gasteiger charge is -2.39. The van der Waals surface area contributed by atoms with Crippen LogP contribution in [0.5, 0.6) is 0 Å². The van der Waals surface area contributed by atoms with Gasteiger partial charge in [-0.2, -0.15) is 0 Å². The van der Waals surface area contributed by atoms with Gasteiger partial charge in [-0.05, 0) is 18.2 Å². The van der Waals surface area contributed by atoms with E-state index in [1.165, 1.54) is 36.6 Å². The van der Waals surface area contributed by atoms with E-state index in [0.717, 1.165) is 12.5 Å². The van der Waals surface area contributed by atoms with E-state index in [1.54, 1.807) is 11.1 Å². The topological polar surface area (TPSA) is 7.68 Å². The molecular formula is C14H20N2. The van der Waals surface area contributed by atoms with Gasteiger partial charge in [0, 0.05) is 31.0 Å². The van der Waals surface area contributed by atoms with Crippen LogP contribution in [0.2, 0.25) is 0 Å². The van der Waals surface area contributed by atoms with Crippen molar-refractivity contribution < 1.29 is 4.90 Å². The zero-order chi connectivity index (χ0) is 11.1. The average molecular weight is 216 g/mol. The normalized spacial score (nSPS) is 25.5. The fourth-order valence-corrected chi connectivity index (χ4v) is 3.03. The highest BCUT2D eigenvalue weighted by molar-refractivity contribution is 5.49. The predicted octanol–water partition coefficient (Wildman–Crippen LogP) is 0.970. The van der Waals surface area contributed by atoms with Gasteiger partial charge in [-0.3, -0.25) is 0 Å². The van der Waals surface area contributed by atoms with Crippen molar-refractivity contribution in [2.75, 3.05) is 26.2 Å². The average Bonchev–Trinajstić information content (AvgIpc) is 2.60. The number of hydrogen-bond acceptors (Lipinski definition) is 1. The molecule has 1 atom stereocenters. The van der Waals surface area contributed by atoms with Crippen molar-refractivity contribution >= 4 is 5.69 Å². The van der Waals surface area contributed by atoms with Gasteiger partial charge in [0.25, 0.3) is 0 Å². The molecule has 0 radical (unpaired) electrons. The van der Waals surface area contributed by atoms with Gasteiger partial charge in [-0.15, -0.1) is 7.05 Å². The van der Waals surface area contributed by atoms with Crippen molar-refractivity contribution in [2.45, 2.75) is 19.3 Å². The molecule has 2 heterocycles.